The van der Waals surface area contributed by atoms with E-state index in [2.05, 4.69) is 16.0 Å². The van der Waals surface area contributed by atoms with Crippen LogP contribution in [-0.2, 0) is 0 Å². The zero-order chi connectivity index (χ0) is 17.8. The Morgan fingerprint density at radius 3 is 2.68 bits per heavy atom. The van der Waals surface area contributed by atoms with Gasteiger partial charge in [0.05, 0.1) is 29.8 Å². The van der Waals surface area contributed by atoms with Crippen molar-refractivity contribution >= 4 is 22.7 Å². The molecule has 0 unspecified atom stereocenters. The van der Waals surface area contributed by atoms with Crippen molar-refractivity contribution in [3.63, 3.8) is 0 Å². The first kappa shape index (κ1) is 16.6. The summed E-state index contributed by atoms with van der Waals surface area (Å²) in [5, 5.41) is 9.61. The summed E-state index contributed by atoms with van der Waals surface area (Å²) in [5.41, 5.74) is 2.91. The van der Waals surface area contributed by atoms with Crippen molar-refractivity contribution in [1.82, 2.24) is 9.97 Å². The van der Waals surface area contributed by atoms with E-state index in [1.165, 1.54) is 0 Å². The predicted molar refractivity (Wildman–Crippen MR) is 98.3 cm³/mol. The molecule has 0 atom stereocenters. The molecule has 0 fully saturated rings. The van der Waals surface area contributed by atoms with Crippen molar-refractivity contribution in [1.29, 1.82) is 5.26 Å². The van der Waals surface area contributed by atoms with E-state index in [0.717, 1.165) is 16.6 Å². The highest BCUT2D eigenvalue weighted by Crippen LogP contribution is 2.34. The van der Waals surface area contributed by atoms with E-state index < -0.39 is 0 Å². The fourth-order valence-corrected chi connectivity index (χ4v) is 2.56. The van der Waals surface area contributed by atoms with Crippen LogP contribution < -0.4 is 9.47 Å². The fourth-order valence-electron chi connectivity index (χ4n) is 2.56. The SMILES string of the molecule is COc1cccc(C=C(C#N)c2nc3ccccc3[nH]2)c1OC(C)C. The summed E-state index contributed by atoms with van der Waals surface area (Å²) in [6.07, 6.45) is 1.75. The number of nitriles is 1. The largest absolute Gasteiger partial charge is 0.493 e. The average Bonchev–Trinajstić information content (AvgIpc) is 3.04. The van der Waals surface area contributed by atoms with E-state index in [1.807, 2.05) is 56.3 Å². The number of imidazole rings is 1. The highest BCUT2D eigenvalue weighted by atomic mass is 16.5. The number of hydrogen-bond donors (Lipinski definition) is 1. The average molecular weight is 333 g/mol. The van der Waals surface area contributed by atoms with Crippen LogP contribution in [0.25, 0.3) is 22.7 Å². The van der Waals surface area contributed by atoms with E-state index in [0.29, 0.717) is 22.9 Å². The molecule has 5 nitrogen and oxygen atoms in total. The van der Waals surface area contributed by atoms with Gasteiger partial charge in [-0.1, -0.05) is 24.3 Å². The minimum absolute atomic E-state index is 0.0137. The Labute approximate surface area is 146 Å². The number of para-hydroxylation sites is 3. The van der Waals surface area contributed by atoms with Crippen LogP contribution in [-0.4, -0.2) is 23.2 Å². The first-order chi connectivity index (χ1) is 12.1. The van der Waals surface area contributed by atoms with Gasteiger partial charge in [0.25, 0.3) is 0 Å². The molecule has 0 saturated heterocycles. The number of fused-ring (bicyclic) bond motifs is 1. The molecule has 0 aliphatic rings. The molecule has 3 aromatic rings. The maximum absolute atomic E-state index is 9.61. The van der Waals surface area contributed by atoms with Gasteiger partial charge in [0.15, 0.2) is 11.5 Å². The maximum Gasteiger partial charge on any atom is 0.168 e. The first-order valence-corrected chi connectivity index (χ1v) is 8.03. The summed E-state index contributed by atoms with van der Waals surface area (Å²) >= 11 is 0. The molecule has 1 N–H and O–H groups in total. The minimum Gasteiger partial charge on any atom is -0.493 e. The third-order valence-corrected chi connectivity index (χ3v) is 3.65. The number of benzene rings is 2. The molecule has 0 radical (unpaired) electrons. The van der Waals surface area contributed by atoms with Gasteiger partial charge in [-0.3, -0.25) is 0 Å². The fraction of sp³-hybridized carbons (Fsp3) is 0.200. The van der Waals surface area contributed by atoms with Crippen LogP contribution in [0.3, 0.4) is 0 Å². The Morgan fingerprint density at radius 1 is 1.20 bits per heavy atom. The van der Waals surface area contributed by atoms with Crippen molar-refractivity contribution in [3.05, 3.63) is 53.9 Å². The van der Waals surface area contributed by atoms with E-state index >= 15 is 0 Å². The van der Waals surface area contributed by atoms with E-state index in [9.17, 15) is 5.26 Å². The first-order valence-electron chi connectivity index (χ1n) is 8.03. The summed E-state index contributed by atoms with van der Waals surface area (Å²) in [4.78, 5) is 7.68. The van der Waals surface area contributed by atoms with Crippen LogP contribution in [0.5, 0.6) is 11.5 Å². The molecule has 0 bridgehead atoms. The highest BCUT2D eigenvalue weighted by Gasteiger charge is 2.14. The number of nitrogens with one attached hydrogen (secondary N) is 1. The quantitative estimate of drug-likeness (QED) is 0.702. The molecule has 2 aromatic carbocycles. The molecular formula is C20H19N3O2. The van der Waals surface area contributed by atoms with Gasteiger partial charge in [0, 0.05) is 5.56 Å². The van der Waals surface area contributed by atoms with Crippen LogP contribution in [0.2, 0.25) is 0 Å². The number of aromatic nitrogens is 2. The lowest BCUT2D eigenvalue weighted by Crippen LogP contribution is -2.08. The molecule has 1 aromatic heterocycles. The Morgan fingerprint density at radius 2 is 2.00 bits per heavy atom. The van der Waals surface area contributed by atoms with Crippen molar-refractivity contribution in [3.8, 4) is 17.6 Å². The molecular weight excluding hydrogens is 314 g/mol. The molecule has 25 heavy (non-hydrogen) atoms. The number of aromatic amines is 1. The molecule has 0 amide bonds. The normalized spacial score (nSPS) is 11.6. The van der Waals surface area contributed by atoms with Gasteiger partial charge in [-0.25, -0.2) is 4.98 Å². The van der Waals surface area contributed by atoms with Crippen molar-refractivity contribution < 1.29 is 9.47 Å². The molecule has 0 saturated carbocycles. The number of hydrogen-bond acceptors (Lipinski definition) is 4. The third kappa shape index (κ3) is 3.48. The van der Waals surface area contributed by atoms with Crippen LogP contribution >= 0.6 is 0 Å². The number of rotatable bonds is 5. The summed E-state index contributed by atoms with van der Waals surface area (Å²) in [5.74, 6) is 1.77. The van der Waals surface area contributed by atoms with Gasteiger partial charge in [-0.2, -0.15) is 5.26 Å². The molecule has 0 spiro atoms. The molecule has 0 aliphatic heterocycles. The minimum atomic E-state index is -0.0137. The zero-order valence-corrected chi connectivity index (χ0v) is 14.4. The van der Waals surface area contributed by atoms with Crippen LogP contribution in [0, 0.1) is 11.3 Å². The second kappa shape index (κ2) is 7.10. The third-order valence-electron chi connectivity index (χ3n) is 3.65. The number of allylic oxidation sites excluding steroid dienone is 1. The molecule has 1 heterocycles. The lowest BCUT2D eigenvalue weighted by Gasteiger charge is -2.16. The van der Waals surface area contributed by atoms with E-state index in [-0.39, 0.29) is 6.10 Å². The summed E-state index contributed by atoms with van der Waals surface area (Å²) in [6.45, 7) is 3.90. The van der Waals surface area contributed by atoms with Gasteiger partial charge in [-0.15, -0.1) is 0 Å². The van der Waals surface area contributed by atoms with Crippen molar-refractivity contribution in [2.75, 3.05) is 7.11 Å². The Balaban J connectivity index is 2.09. The van der Waals surface area contributed by atoms with Gasteiger partial charge in [0.1, 0.15) is 11.9 Å². The lowest BCUT2D eigenvalue weighted by atomic mass is 10.1. The zero-order valence-electron chi connectivity index (χ0n) is 14.4. The van der Waals surface area contributed by atoms with Crippen LogP contribution in [0.15, 0.2) is 42.5 Å². The van der Waals surface area contributed by atoms with Gasteiger partial charge >= 0.3 is 0 Å². The van der Waals surface area contributed by atoms with Crippen LogP contribution in [0.4, 0.5) is 0 Å². The molecule has 126 valence electrons. The molecule has 5 heteroatoms. The van der Waals surface area contributed by atoms with Gasteiger partial charge in [0.2, 0.25) is 0 Å². The number of H-pyrrole nitrogens is 1. The molecule has 3 rings (SSSR count). The summed E-state index contributed by atoms with van der Waals surface area (Å²) < 4.78 is 11.3. The topological polar surface area (TPSA) is 70.9 Å². The number of methoxy groups -OCH3 is 1. The second-order valence-corrected chi connectivity index (χ2v) is 5.82. The maximum atomic E-state index is 9.61. The predicted octanol–water partition coefficient (Wildman–Crippen LogP) is 4.42. The van der Waals surface area contributed by atoms with Crippen molar-refractivity contribution in [2.45, 2.75) is 20.0 Å². The van der Waals surface area contributed by atoms with Gasteiger partial charge < -0.3 is 14.5 Å². The van der Waals surface area contributed by atoms with E-state index in [1.54, 1.807) is 13.2 Å². The van der Waals surface area contributed by atoms with Gasteiger partial charge in [-0.05, 0) is 38.1 Å². The monoisotopic (exact) mass is 333 g/mol. The Kier molecular flexibility index (Phi) is 4.71. The Hall–Kier alpha value is -3.26. The summed E-state index contributed by atoms with van der Waals surface area (Å²) in [6, 6.07) is 15.5. The van der Waals surface area contributed by atoms with Crippen LogP contribution in [0.1, 0.15) is 25.2 Å². The highest BCUT2D eigenvalue weighted by molar-refractivity contribution is 5.91. The second-order valence-electron chi connectivity index (χ2n) is 5.82. The van der Waals surface area contributed by atoms with Crippen molar-refractivity contribution in [2.24, 2.45) is 0 Å². The smallest absolute Gasteiger partial charge is 0.168 e. The standard InChI is InChI=1S/C20H19N3O2/c1-13(2)25-19-14(7-6-10-18(19)24-3)11-15(12-21)20-22-16-8-4-5-9-17(16)23-20/h4-11,13H,1-3H3,(H,22,23). The number of ether oxygens (including phenoxy) is 2. The number of nitrogens with zero attached hydrogens (tertiary/aromatic N) is 2. The lowest BCUT2D eigenvalue weighted by molar-refractivity contribution is 0.229. The summed E-state index contributed by atoms with van der Waals surface area (Å²) in [7, 11) is 1.60. The molecule has 0 aliphatic carbocycles. The van der Waals surface area contributed by atoms with E-state index in [4.69, 9.17) is 9.47 Å². The Bertz CT molecular complexity index is 931.